The van der Waals surface area contributed by atoms with E-state index in [2.05, 4.69) is 0 Å². The van der Waals surface area contributed by atoms with Gasteiger partial charge in [0.15, 0.2) is 0 Å². The van der Waals surface area contributed by atoms with Crippen molar-refractivity contribution in [3.63, 3.8) is 0 Å². The quantitative estimate of drug-likeness (QED) is 0.393. The molecule has 4 heteroatoms. The van der Waals surface area contributed by atoms with Crippen LogP contribution in [0.2, 0.25) is 0 Å². The summed E-state index contributed by atoms with van der Waals surface area (Å²) >= 11 is 0. The van der Waals surface area contributed by atoms with E-state index in [0.29, 0.717) is 0 Å². The average molecular weight is 192 g/mol. The zero-order chi connectivity index (χ0) is 10.3. The summed E-state index contributed by atoms with van der Waals surface area (Å²) in [6.45, 7) is 1.75. The van der Waals surface area contributed by atoms with Gasteiger partial charge in [0.2, 0.25) is 11.6 Å². The van der Waals surface area contributed by atoms with Crippen LogP contribution in [0.1, 0.15) is 0 Å². The maximum atomic E-state index is 11.2. The molecule has 0 saturated carbocycles. The van der Waals surface area contributed by atoms with E-state index in [1.54, 1.807) is 0 Å². The van der Waals surface area contributed by atoms with Crippen molar-refractivity contribution in [1.29, 1.82) is 0 Å². The van der Waals surface area contributed by atoms with Gasteiger partial charge in [0.05, 0.1) is 11.4 Å². The molecule has 0 amide bonds. The van der Waals surface area contributed by atoms with Gasteiger partial charge in [0.1, 0.15) is 0 Å². The number of carbonyl (C=O) groups excluding carboxylic acids is 2. The summed E-state index contributed by atoms with van der Waals surface area (Å²) < 4.78 is 0. The van der Waals surface area contributed by atoms with Crippen LogP contribution in [-0.4, -0.2) is 48.6 Å². The van der Waals surface area contributed by atoms with E-state index in [9.17, 15) is 9.59 Å². The Morgan fingerprint density at radius 2 is 1.29 bits per heavy atom. The van der Waals surface area contributed by atoms with Gasteiger partial charge < -0.3 is 9.80 Å². The molecule has 0 unspecified atom stereocenters. The topological polar surface area (TPSA) is 40.6 Å². The number of ketones is 2. The summed E-state index contributed by atoms with van der Waals surface area (Å²) in [7, 11) is 3.85. The molecule has 1 aliphatic heterocycles. The van der Waals surface area contributed by atoms with Gasteiger partial charge in [-0.2, -0.15) is 0 Å². The van der Waals surface area contributed by atoms with E-state index in [1.165, 1.54) is 12.2 Å². The first-order valence-corrected chi connectivity index (χ1v) is 4.54. The highest BCUT2D eigenvalue weighted by molar-refractivity contribution is 6.46. The van der Waals surface area contributed by atoms with E-state index < -0.39 is 11.6 Å². The third kappa shape index (κ3) is 1.23. The number of allylic oxidation sites excluding steroid dienone is 2. The molecule has 2 aliphatic rings. The number of piperazine rings is 1. The van der Waals surface area contributed by atoms with Crippen LogP contribution in [0.5, 0.6) is 0 Å². The highest BCUT2D eigenvalue weighted by Crippen LogP contribution is 2.24. The lowest BCUT2D eigenvalue weighted by molar-refractivity contribution is -0.131. The van der Waals surface area contributed by atoms with E-state index in [4.69, 9.17) is 0 Å². The van der Waals surface area contributed by atoms with Gasteiger partial charge in [-0.05, 0) is 0 Å². The zero-order valence-electron chi connectivity index (χ0n) is 8.28. The molecule has 0 atom stereocenters. The summed E-state index contributed by atoms with van der Waals surface area (Å²) in [5, 5.41) is 0. The van der Waals surface area contributed by atoms with Gasteiger partial charge in [-0.15, -0.1) is 0 Å². The fraction of sp³-hybridized carbons (Fsp3) is 0.400. The van der Waals surface area contributed by atoms with Crippen LogP contribution in [0.25, 0.3) is 0 Å². The van der Waals surface area contributed by atoms with Crippen LogP contribution in [0, 0.1) is 0 Å². The minimum absolute atomic E-state index is 0.425. The fourth-order valence-electron chi connectivity index (χ4n) is 1.69. The van der Waals surface area contributed by atoms with Crippen LogP contribution >= 0.6 is 0 Å². The minimum Gasteiger partial charge on any atom is -0.371 e. The zero-order valence-corrected chi connectivity index (χ0v) is 8.28. The molecule has 2 rings (SSSR count). The summed E-state index contributed by atoms with van der Waals surface area (Å²) in [5.74, 6) is -0.850. The van der Waals surface area contributed by atoms with Crippen molar-refractivity contribution in [2.75, 3.05) is 27.2 Å². The fourth-order valence-corrected chi connectivity index (χ4v) is 1.69. The minimum atomic E-state index is -0.425. The van der Waals surface area contributed by atoms with Gasteiger partial charge >= 0.3 is 0 Å². The van der Waals surface area contributed by atoms with Gasteiger partial charge in [0.25, 0.3) is 0 Å². The molecular formula is C10H12N2O2. The molecule has 1 aliphatic carbocycles. The van der Waals surface area contributed by atoms with Crippen molar-refractivity contribution in [2.24, 2.45) is 0 Å². The maximum Gasteiger partial charge on any atom is 0.227 e. The number of carbonyl (C=O) groups is 2. The van der Waals surface area contributed by atoms with Gasteiger partial charge in [0, 0.05) is 39.3 Å². The molecular weight excluding hydrogens is 180 g/mol. The number of rotatable bonds is 0. The van der Waals surface area contributed by atoms with E-state index in [0.717, 1.165) is 24.5 Å². The molecule has 1 fully saturated rings. The normalized spacial score (nSPS) is 21.9. The smallest absolute Gasteiger partial charge is 0.227 e. The second kappa shape index (κ2) is 2.97. The first kappa shape index (κ1) is 8.99. The Labute approximate surface area is 82.5 Å². The summed E-state index contributed by atoms with van der Waals surface area (Å²) in [6, 6.07) is 0. The molecule has 1 heterocycles. The molecule has 0 aromatic heterocycles. The van der Waals surface area contributed by atoms with E-state index in [1.807, 2.05) is 23.9 Å². The van der Waals surface area contributed by atoms with Crippen LogP contribution < -0.4 is 0 Å². The third-order valence-electron chi connectivity index (χ3n) is 2.63. The van der Waals surface area contributed by atoms with Crippen molar-refractivity contribution in [1.82, 2.24) is 9.80 Å². The standard InChI is InChI=1S/C10H12N2O2/c1-11-3-4-12(2)8-6-10(14)9(13)5-7(8)11/h5-6H,3-4H2,1-2H3. The second-order valence-electron chi connectivity index (χ2n) is 3.63. The largest absolute Gasteiger partial charge is 0.371 e. The monoisotopic (exact) mass is 192 g/mol. The Kier molecular flexibility index (Phi) is 1.91. The summed E-state index contributed by atoms with van der Waals surface area (Å²) in [6.07, 6.45) is 2.85. The predicted molar refractivity (Wildman–Crippen MR) is 51.4 cm³/mol. The molecule has 0 aromatic carbocycles. The SMILES string of the molecule is CN1CCN(C)C2=CC(=O)C(=O)C=C21. The highest BCUT2D eigenvalue weighted by Gasteiger charge is 2.27. The van der Waals surface area contributed by atoms with Crippen molar-refractivity contribution >= 4 is 11.6 Å². The lowest BCUT2D eigenvalue weighted by Crippen LogP contribution is -2.41. The van der Waals surface area contributed by atoms with Crippen molar-refractivity contribution < 1.29 is 9.59 Å². The average Bonchev–Trinajstić information content (AvgIpc) is 2.15. The van der Waals surface area contributed by atoms with Crippen molar-refractivity contribution in [3.8, 4) is 0 Å². The van der Waals surface area contributed by atoms with Crippen molar-refractivity contribution in [3.05, 3.63) is 23.5 Å². The number of nitrogens with zero attached hydrogens (tertiary/aromatic N) is 2. The molecule has 0 bridgehead atoms. The van der Waals surface area contributed by atoms with Crippen LogP contribution in [-0.2, 0) is 9.59 Å². The molecule has 0 aromatic rings. The van der Waals surface area contributed by atoms with E-state index in [-0.39, 0.29) is 0 Å². The molecule has 4 nitrogen and oxygen atoms in total. The number of hydrogen-bond donors (Lipinski definition) is 0. The first-order chi connectivity index (χ1) is 6.59. The summed E-state index contributed by atoms with van der Waals surface area (Å²) in [5.41, 5.74) is 1.70. The second-order valence-corrected chi connectivity index (χ2v) is 3.63. The molecule has 14 heavy (non-hydrogen) atoms. The number of likely N-dealkylation sites (N-methyl/N-ethyl adjacent to an activating group) is 2. The highest BCUT2D eigenvalue weighted by atomic mass is 16.2. The Bertz CT molecular complexity index is 332. The molecule has 1 saturated heterocycles. The van der Waals surface area contributed by atoms with Crippen molar-refractivity contribution in [2.45, 2.75) is 0 Å². The molecule has 74 valence electrons. The lowest BCUT2D eigenvalue weighted by atomic mass is 10.0. The lowest BCUT2D eigenvalue weighted by Gasteiger charge is -2.38. The Morgan fingerprint density at radius 3 is 1.64 bits per heavy atom. The van der Waals surface area contributed by atoms with Gasteiger partial charge in [-0.3, -0.25) is 9.59 Å². The van der Waals surface area contributed by atoms with Crippen LogP contribution in [0.15, 0.2) is 23.5 Å². The molecule has 0 N–H and O–H groups in total. The number of hydrogen-bond acceptors (Lipinski definition) is 4. The van der Waals surface area contributed by atoms with Crippen LogP contribution in [0.3, 0.4) is 0 Å². The van der Waals surface area contributed by atoms with Crippen LogP contribution in [0.4, 0.5) is 0 Å². The third-order valence-corrected chi connectivity index (χ3v) is 2.63. The number of fused-ring (bicyclic) bond motifs is 1. The molecule has 0 radical (unpaired) electrons. The van der Waals surface area contributed by atoms with Gasteiger partial charge in [-0.1, -0.05) is 0 Å². The van der Waals surface area contributed by atoms with Gasteiger partial charge in [-0.25, -0.2) is 0 Å². The molecule has 0 spiro atoms. The predicted octanol–water partition coefficient (Wildman–Crippen LogP) is -0.217. The first-order valence-electron chi connectivity index (χ1n) is 4.54. The Morgan fingerprint density at radius 1 is 0.929 bits per heavy atom. The maximum absolute atomic E-state index is 11.2. The Hall–Kier alpha value is -1.58. The van der Waals surface area contributed by atoms with E-state index >= 15 is 0 Å². The summed E-state index contributed by atoms with van der Waals surface area (Å²) in [4.78, 5) is 26.4. The Balaban J connectivity index is 2.43.